The molecule has 1 heterocycles. The third-order valence-corrected chi connectivity index (χ3v) is 4.79. The summed E-state index contributed by atoms with van der Waals surface area (Å²) in [6.45, 7) is 0.385. The van der Waals surface area contributed by atoms with Crippen LogP contribution in [0.15, 0.2) is 54.6 Å². The summed E-state index contributed by atoms with van der Waals surface area (Å²) in [6.07, 6.45) is 0.966. The molecule has 0 saturated carbocycles. The summed E-state index contributed by atoms with van der Waals surface area (Å²) in [6, 6.07) is 13.9. The summed E-state index contributed by atoms with van der Waals surface area (Å²) in [5.74, 6) is -0.167. The molecule has 1 saturated heterocycles. The number of ether oxygens (including phenoxy) is 1. The van der Waals surface area contributed by atoms with Gasteiger partial charge < -0.3 is 25.8 Å². The van der Waals surface area contributed by atoms with Gasteiger partial charge in [0, 0.05) is 6.54 Å². The highest BCUT2D eigenvalue weighted by Crippen LogP contribution is 2.27. The maximum atomic E-state index is 12.7. The molecule has 1 fully saturated rings. The van der Waals surface area contributed by atoms with Crippen molar-refractivity contribution in [3.63, 3.8) is 0 Å². The first kappa shape index (κ1) is 20.2. The molecule has 0 aromatic heterocycles. The van der Waals surface area contributed by atoms with Crippen LogP contribution in [0.4, 0.5) is 4.79 Å². The molecule has 0 unspecified atom stereocenters. The van der Waals surface area contributed by atoms with Crippen LogP contribution in [0.2, 0.25) is 0 Å². The predicted octanol–water partition coefficient (Wildman–Crippen LogP) is 2.65. The highest BCUT2D eigenvalue weighted by molar-refractivity contribution is 5.85. The first-order chi connectivity index (χ1) is 13.9. The van der Waals surface area contributed by atoms with Gasteiger partial charge in [0.1, 0.15) is 17.5 Å². The number of para-hydroxylation sites is 1. The SMILES string of the molecule is NC(=O)N[C@H](CC(=O)N1CCC[C@H]1C(=O)O)c1cccc(Oc2ccccc2)c1. The van der Waals surface area contributed by atoms with Crippen LogP contribution in [0.5, 0.6) is 11.5 Å². The van der Waals surface area contributed by atoms with Crippen LogP contribution in [-0.2, 0) is 9.59 Å². The first-order valence-electron chi connectivity index (χ1n) is 9.35. The van der Waals surface area contributed by atoms with Gasteiger partial charge in [-0.1, -0.05) is 30.3 Å². The lowest BCUT2D eigenvalue weighted by atomic mass is 10.0. The second-order valence-electron chi connectivity index (χ2n) is 6.84. The number of carbonyl (C=O) groups excluding carboxylic acids is 2. The lowest BCUT2D eigenvalue weighted by Gasteiger charge is -2.25. The van der Waals surface area contributed by atoms with Crippen molar-refractivity contribution in [2.75, 3.05) is 6.54 Å². The van der Waals surface area contributed by atoms with E-state index in [0.29, 0.717) is 36.4 Å². The number of aliphatic carboxylic acids is 1. The average molecular weight is 397 g/mol. The minimum atomic E-state index is -1.02. The summed E-state index contributed by atoms with van der Waals surface area (Å²) in [7, 11) is 0. The molecular weight excluding hydrogens is 374 g/mol. The molecule has 29 heavy (non-hydrogen) atoms. The van der Waals surface area contributed by atoms with Gasteiger partial charge in [-0.2, -0.15) is 0 Å². The normalized spacial score (nSPS) is 16.8. The molecule has 3 amide bonds. The third-order valence-electron chi connectivity index (χ3n) is 4.79. The highest BCUT2D eigenvalue weighted by Gasteiger charge is 2.35. The number of urea groups is 1. The number of nitrogens with two attached hydrogens (primary N) is 1. The Kier molecular flexibility index (Phi) is 6.33. The largest absolute Gasteiger partial charge is 0.480 e. The molecule has 2 atom stereocenters. The molecule has 0 bridgehead atoms. The molecule has 4 N–H and O–H groups in total. The number of hydrogen-bond acceptors (Lipinski definition) is 4. The number of primary amides is 1. The van der Waals surface area contributed by atoms with Gasteiger partial charge in [-0.15, -0.1) is 0 Å². The monoisotopic (exact) mass is 397 g/mol. The maximum Gasteiger partial charge on any atom is 0.326 e. The molecule has 1 aliphatic rings. The standard InChI is InChI=1S/C21H23N3O5/c22-21(28)23-17(13-19(25)24-11-5-10-18(24)20(26)27)14-6-4-9-16(12-14)29-15-7-2-1-3-8-15/h1-4,6-9,12,17-18H,5,10-11,13H2,(H,26,27)(H3,22,23,28)/t17-,18+/m1/s1. The molecule has 152 valence electrons. The molecule has 2 aromatic rings. The van der Waals surface area contributed by atoms with Crippen LogP contribution in [0.3, 0.4) is 0 Å². The van der Waals surface area contributed by atoms with E-state index in [9.17, 15) is 19.5 Å². The fourth-order valence-electron chi connectivity index (χ4n) is 3.46. The van der Waals surface area contributed by atoms with E-state index in [1.807, 2.05) is 30.3 Å². The van der Waals surface area contributed by atoms with Gasteiger partial charge in [0.25, 0.3) is 0 Å². The molecule has 1 aliphatic heterocycles. The maximum absolute atomic E-state index is 12.7. The number of nitrogens with zero attached hydrogens (tertiary/aromatic N) is 1. The van der Waals surface area contributed by atoms with Crippen LogP contribution >= 0.6 is 0 Å². The second kappa shape index (κ2) is 9.09. The van der Waals surface area contributed by atoms with Crippen molar-refractivity contribution in [3.8, 4) is 11.5 Å². The highest BCUT2D eigenvalue weighted by atomic mass is 16.5. The molecule has 3 rings (SSSR count). The van der Waals surface area contributed by atoms with Crippen molar-refractivity contribution in [1.82, 2.24) is 10.2 Å². The van der Waals surface area contributed by atoms with Gasteiger partial charge >= 0.3 is 12.0 Å². The summed E-state index contributed by atoms with van der Waals surface area (Å²) in [5, 5.41) is 11.9. The van der Waals surface area contributed by atoms with E-state index >= 15 is 0 Å². The number of nitrogens with one attached hydrogen (secondary N) is 1. The van der Waals surface area contributed by atoms with E-state index in [2.05, 4.69) is 5.32 Å². The van der Waals surface area contributed by atoms with Crippen molar-refractivity contribution in [1.29, 1.82) is 0 Å². The second-order valence-corrected chi connectivity index (χ2v) is 6.84. The van der Waals surface area contributed by atoms with Gasteiger partial charge in [-0.25, -0.2) is 9.59 Å². The van der Waals surface area contributed by atoms with Crippen LogP contribution < -0.4 is 15.8 Å². The predicted molar refractivity (Wildman–Crippen MR) is 105 cm³/mol. The van der Waals surface area contributed by atoms with E-state index in [0.717, 1.165) is 0 Å². The van der Waals surface area contributed by atoms with Gasteiger partial charge in [-0.05, 0) is 42.7 Å². The number of amides is 3. The van der Waals surface area contributed by atoms with E-state index in [4.69, 9.17) is 10.5 Å². The first-order valence-corrected chi connectivity index (χ1v) is 9.35. The topological polar surface area (TPSA) is 122 Å². The summed E-state index contributed by atoms with van der Waals surface area (Å²) < 4.78 is 5.81. The molecule has 8 nitrogen and oxygen atoms in total. The Labute approximate surface area is 168 Å². The Morgan fingerprint density at radius 2 is 1.86 bits per heavy atom. The number of carbonyl (C=O) groups is 3. The molecule has 2 aromatic carbocycles. The number of likely N-dealkylation sites (tertiary alicyclic amines) is 1. The van der Waals surface area contributed by atoms with Crippen molar-refractivity contribution in [2.24, 2.45) is 5.73 Å². The van der Waals surface area contributed by atoms with Gasteiger partial charge in [0.2, 0.25) is 5.91 Å². The number of hydrogen-bond donors (Lipinski definition) is 3. The van der Waals surface area contributed by atoms with E-state index in [1.165, 1.54) is 4.90 Å². The van der Waals surface area contributed by atoms with Crippen molar-refractivity contribution >= 4 is 17.9 Å². The van der Waals surface area contributed by atoms with Crippen LogP contribution in [0.1, 0.15) is 30.9 Å². The number of carboxylic acid groups (broad SMARTS) is 1. The molecule has 0 radical (unpaired) electrons. The van der Waals surface area contributed by atoms with Crippen molar-refractivity contribution in [3.05, 3.63) is 60.2 Å². The molecule has 0 aliphatic carbocycles. The summed E-state index contributed by atoms with van der Waals surface area (Å²) in [4.78, 5) is 37.0. The Bertz CT molecular complexity index is 887. The Hall–Kier alpha value is -3.55. The Balaban J connectivity index is 1.78. The zero-order valence-corrected chi connectivity index (χ0v) is 15.8. The van der Waals surface area contributed by atoms with Crippen LogP contribution in [-0.4, -0.2) is 40.5 Å². The fraction of sp³-hybridized carbons (Fsp3) is 0.286. The minimum absolute atomic E-state index is 0.0957. The summed E-state index contributed by atoms with van der Waals surface area (Å²) >= 11 is 0. The zero-order chi connectivity index (χ0) is 20.8. The van der Waals surface area contributed by atoms with Gasteiger partial charge in [-0.3, -0.25) is 4.79 Å². The number of rotatable bonds is 7. The zero-order valence-electron chi connectivity index (χ0n) is 15.8. The van der Waals surface area contributed by atoms with E-state index < -0.39 is 24.1 Å². The van der Waals surface area contributed by atoms with E-state index in [-0.39, 0.29) is 12.3 Å². The van der Waals surface area contributed by atoms with E-state index in [1.54, 1.807) is 24.3 Å². The quantitative estimate of drug-likeness (QED) is 0.663. The van der Waals surface area contributed by atoms with Gasteiger partial charge in [0.05, 0.1) is 12.5 Å². The lowest BCUT2D eigenvalue weighted by molar-refractivity contribution is -0.148. The van der Waals surface area contributed by atoms with Crippen molar-refractivity contribution < 1.29 is 24.2 Å². The Morgan fingerprint density at radius 3 is 2.55 bits per heavy atom. The molecule has 8 heteroatoms. The van der Waals surface area contributed by atoms with Crippen LogP contribution in [0.25, 0.3) is 0 Å². The van der Waals surface area contributed by atoms with Crippen molar-refractivity contribution in [2.45, 2.75) is 31.3 Å². The smallest absolute Gasteiger partial charge is 0.326 e. The number of benzene rings is 2. The molecule has 0 spiro atoms. The minimum Gasteiger partial charge on any atom is -0.480 e. The molecular formula is C21H23N3O5. The summed E-state index contributed by atoms with van der Waals surface area (Å²) in [5.41, 5.74) is 5.93. The fourth-order valence-corrected chi connectivity index (χ4v) is 3.46. The lowest BCUT2D eigenvalue weighted by Crippen LogP contribution is -2.43. The Morgan fingerprint density at radius 1 is 1.14 bits per heavy atom. The van der Waals surface area contributed by atoms with Crippen LogP contribution in [0, 0.1) is 0 Å². The third kappa shape index (κ3) is 5.25. The average Bonchev–Trinajstić information content (AvgIpc) is 3.18. The van der Waals surface area contributed by atoms with Gasteiger partial charge in [0.15, 0.2) is 0 Å². The number of carboxylic acids is 1.